The van der Waals surface area contributed by atoms with Crippen LogP contribution >= 0.6 is 15.9 Å². The van der Waals surface area contributed by atoms with Gasteiger partial charge in [0.15, 0.2) is 5.78 Å². The highest BCUT2D eigenvalue weighted by Crippen LogP contribution is 2.03. The summed E-state index contributed by atoms with van der Waals surface area (Å²) in [7, 11) is 0. The van der Waals surface area contributed by atoms with E-state index in [0.29, 0.717) is 5.33 Å². The van der Waals surface area contributed by atoms with E-state index in [4.69, 9.17) is 0 Å². The van der Waals surface area contributed by atoms with Gasteiger partial charge in [-0.05, 0) is 12.0 Å². The van der Waals surface area contributed by atoms with Crippen molar-refractivity contribution in [2.24, 2.45) is 0 Å². The van der Waals surface area contributed by atoms with E-state index in [1.54, 1.807) is 12.2 Å². The molecule has 0 bridgehead atoms. The van der Waals surface area contributed by atoms with Crippen molar-refractivity contribution in [1.82, 2.24) is 0 Å². The number of hydrogen-bond donors (Lipinski definition) is 0. The van der Waals surface area contributed by atoms with Gasteiger partial charge in [0.2, 0.25) is 0 Å². The zero-order chi connectivity index (χ0) is 7.98. The van der Waals surface area contributed by atoms with Crippen LogP contribution in [-0.2, 0) is 4.79 Å². The lowest BCUT2D eigenvalue weighted by atomic mass is 10.1. The minimum atomic E-state index is 0.141. The summed E-state index contributed by atoms with van der Waals surface area (Å²) >= 11 is 3.10. The molecule has 0 unspecified atom stereocenters. The first kappa shape index (κ1) is 9.63. The van der Waals surface area contributed by atoms with Gasteiger partial charge in [0.05, 0.1) is 5.33 Å². The minimum Gasteiger partial charge on any atom is -0.294 e. The molecule has 0 heterocycles. The van der Waals surface area contributed by atoms with Gasteiger partial charge >= 0.3 is 0 Å². The summed E-state index contributed by atoms with van der Waals surface area (Å²) in [5, 5.41) is 0.403. The van der Waals surface area contributed by atoms with Crippen LogP contribution in [0.3, 0.4) is 0 Å². The maximum atomic E-state index is 11.0. The number of halogens is 1. The molecule has 0 amide bonds. The maximum absolute atomic E-state index is 11.0. The van der Waals surface area contributed by atoms with E-state index in [-0.39, 0.29) is 5.78 Å². The van der Waals surface area contributed by atoms with Gasteiger partial charge in [0.25, 0.3) is 0 Å². The van der Waals surface area contributed by atoms with Gasteiger partial charge in [0, 0.05) is 0 Å². The second kappa shape index (κ2) is 5.42. The van der Waals surface area contributed by atoms with Crippen LogP contribution in [0.1, 0.15) is 13.3 Å². The van der Waals surface area contributed by atoms with Crippen LogP contribution < -0.4 is 0 Å². The van der Waals surface area contributed by atoms with E-state index < -0.39 is 0 Å². The zero-order valence-electron chi connectivity index (χ0n) is 6.06. The maximum Gasteiger partial charge on any atom is 0.169 e. The molecular formula is C8H11BrO. The van der Waals surface area contributed by atoms with Crippen LogP contribution in [0.2, 0.25) is 0 Å². The van der Waals surface area contributed by atoms with Crippen molar-refractivity contribution in [3.63, 3.8) is 0 Å². The first-order valence-electron chi connectivity index (χ1n) is 3.17. The van der Waals surface area contributed by atoms with E-state index in [9.17, 15) is 4.79 Å². The first-order valence-corrected chi connectivity index (χ1v) is 4.29. The number of Topliss-reactive ketones (excluding diaryl/α,β-unsaturated/α-hetero) is 1. The molecule has 0 aromatic carbocycles. The average Bonchev–Trinajstić information content (AvgIpc) is 1.99. The molecule has 10 heavy (non-hydrogen) atoms. The minimum absolute atomic E-state index is 0.141. The van der Waals surface area contributed by atoms with E-state index >= 15 is 0 Å². The van der Waals surface area contributed by atoms with Crippen molar-refractivity contribution in [3.05, 3.63) is 24.3 Å². The van der Waals surface area contributed by atoms with Crippen LogP contribution in [0.4, 0.5) is 0 Å². The summed E-state index contributed by atoms with van der Waals surface area (Å²) in [6.07, 6.45) is 4.17. The molecule has 0 aliphatic rings. The molecular weight excluding hydrogens is 192 g/mol. The predicted molar refractivity (Wildman–Crippen MR) is 47.4 cm³/mol. The Morgan fingerprint density at radius 3 is 2.60 bits per heavy atom. The van der Waals surface area contributed by atoms with E-state index in [0.717, 1.165) is 12.0 Å². The highest BCUT2D eigenvalue weighted by Gasteiger charge is 2.02. The van der Waals surface area contributed by atoms with Gasteiger partial charge in [0.1, 0.15) is 0 Å². The van der Waals surface area contributed by atoms with Gasteiger partial charge < -0.3 is 0 Å². The molecule has 0 aromatic heterocycles. The quantitative estimate of drug-likeness (QED) is 0.389. The van der Waals surface area contributed by atoms with E-state index in [1.165, 1.54) is 0 Å². The highest BCUT2D eigenvalue weighted by atomic mass is 79.9. The fourth-order valence-electron chi connectivity index (χ4n) is 0.636. The van der Waals surface area contributed by atoms with Crippen molar-refractivity contribution in [1.29, 1.82) is 0 Å². The van der Waals surface area contributed by atoms with Crippen molar-refractivity contribution >= 4 is 21.7 Å². The summed E-state index contributed by atoms with van der Waals surface area (Å²) in [6.45, 7) is 5.48. The normalized spacial score (nSPS) is 11.2. The molecule has 0 spiro atoms. The lowest BCUT2D eigenvalue weighted by molar-refractivity contribution is -0.113. The molecule has 0 saturated heterocycles. The molecule has 0 aromatic rings. The van der Waals surface area contributed by atoms with Crippen molar-refractivity contribution in [2.45, 2.75) is 13.3 Å². The summed E-state index contributed by atoms with van der Waals surface area (Å²) in [6, 6.07) is 0. The third kappa shape index (κ3) is 2.97. The number of ketones is 1. The molecule has 0 rings (SSSR count). The van der Waals surface area contributed by atoms with E-state index in [1.807, 2.05) is 6.92 Å². The fourth-order valence-corrected chi connectivity index (χ4v) is 0.996. The molecule has 2 heteroatoms. The topological polar surface area (TPSA) is 17.1 Å². The van der Waals surface area contributed by atoms with Crippen LogP contribution in [-0.4, -0.2) is 11.1 Å². The summed E-state index contributed by atoms with van der Waals surface area (Å²) in [4.78, 5) is 11.0. The van der Waals surface area contributed by atoms with Gasteiger partial charge in [-0.15, -0.1) is 0 Å². The average molecular weight is 203 g/mol. The van der Waals surface area contributed by atoms with Crippen LogP contribution in [0.5, 0.6) is 0 Å². The summed E-state index contributed by atoms with van der Waals surface area (Å²) in [5.74, 6) is 0.141. The second-order valence-corrected chi connectivity index (χ2v) is 2.40. The molecule has 0 fully saturated rings. The molecule has 56 valence electrons. The molecule has 1 nitrogen and oxygen atoms in total. The SMILES string of the molecule is C=C/C=C(\CC)C(=O)CBr. The Balaban J connectivity index is 4.19. The molecule has 0 aliphatic heterocycles. The number of alkyl halides is 1. The second-order valence-electron chi connectivity index (χ2n) is 1.84. The predicted octanol–water partition coefficient (Wildman–Crippen LogP) is 2.47. The molecule has 0 N–H and O–H groups in total. The monoisotopic (exact) mass is 202 g/mol. The number of rotatable bonds is 4. The van der Waals surface area contributed by atoms with Gasteiger partial charge in [-0.3, -0.25) is 4.79 Å². The standard InChI is InChI=1S/C8H11BrO/c1-3-5-7(4-2)8(10)6-9/h3,5H,1,4,6H2,2H3/b7-5+. The number of carbonyl (C=O) groups excluding carboxylic acids is 1. The highest BCUT2D eigenvalue weighted by molar-refractivity contribution is 9.09. The fraction of sp³-hybridized carbons (Fsp3) is 0.375. The van der Waals surface area contributed by atoms with Crippen molar-refractivity contribution < 1.29 is 4.79 Å². The van der Waals surface area contributed by atoms with Gasteiger partial charge in [-0.2, -0.15) is 0 Å². The first-order chi connectivity index (χ1) is 4.76. The number of allylic oxidation sites excluding steroid dienone is 3. The number of carbonyl (C=O) groups is 1. The molecule has 0 aliphatic carbocycles. The summed E-state index contributed by atoms with van der Waals surface area (Å²) in [5.41, 5.74) is 0.826. The lowest BCUT2D eigenvalue weighted by Crippen LogP contribution is -2.01. The van der Waals surface area contributed by atoms with Crippen molar-refractivity contribution in [2.75, 3.05) is 5.33 Å². The van der Waals surface area contributed by atoms with Crippen LogP contribution in [0.25, 0.3) is 0 Å². The Labute approximate surface area is 69.9 Å². The van der Waals surface area contributed by atoms with Gasteiger partial charge in [-0.25, -0.2) is 0 Å². The Morgan fingerprint density at radius 1 is 1.70 bits per heavy atom. The molecule has 0 atom stereocenters. The Kier molecular flexibility index (Phi) is 5.22. The number of hydrogen-bond acceptors (Lipinski definition) is 1. The molecule has 0 radical (unpaired) electrons. The van der Waals surface area contributed by atoms with Crippen LogP contribution in [0.15, 0.2) is 24.3 Å². The lowest BCUT2D eigenvalue weighted by Gasteiger charge is -1.96. The van der Waals surface area contributed by atoms with Crippen LogP contribution in [0, 0.1) is 0 Å². The Hall–Kier alpha value is -0.370. The van der Waals surface area contributed by atoms with Crippen molar-refractivity contribution in [3.8, 4) is 0 Å². The third-order valence-corrected chi connectivity index (χ3v) is 1.69. The third-order valence-electron chi connectivity index (χ3n) is 1.18. The van der Waals surface area contributed by atoms with E-state index in [2.05, 4.69) is 22.5 Å². The molecule has 0 saturated carbocycles. The Morgan fingerprint density at radius 2 is 2.30 bits per heavy atom. The summed E-state index contributed by atoms with van der Waals surface area (Å²) < 4.78 is 0. The zero-order valence-corrected chi connectivity index (χ0v) is 7.65. The smallest absolute Gasteiger partial charge is 0.169 e. The Bertz CT molecular complexity index is 159. The van der Waals surface area contributed by atoms with Gasteiger partial charge in [-0.1, -0.05) is 41.6 Å². The largest absolute Gasteiger partial charge is 0.294 e.